The molecule has 91 heavy (non-hydrogen) atoms. The monoisotopic (exact) mass is 1320 g/mol. The Labute approximate surface area is 532 Å². The van der Waals surface area contributed by atoms with Crippen LogP contribution in [-0.4, -0.2) is 212 Å². The van der Waals surface area contributed by atoms with E-state index in [0.29, 0.717) is 75.3 Å². The average molecular weight is 1320 g/mol. The number of aliphatic hydroxyl groups excluding tert-OH is 1. The van der Waals surface area contributed by atoms with Crippen molar-refractivity contribution in [2.24, 2.45) is 11.8 Å². The summed E-state index contributed by atoms with van der Waals surface area (Å²) in [6, 6.07) is 7.73. The smallest absolute Gasteiger partial charge is 0.397 e. The number of benzene rings is 1. The predicted molar refractivity (Wildman–Crippen MR) is 319 cm³/mol. The summed E-state index contributed by atoms with van der Waals surface area (Å²) >= 11 is 0. The molecule has 0 spiro atoms. The van der Waals surface area contributed by atoms with Crippen molar-refractivity contribution in [1.29, 1.82) is 0 Å². The van der Waals surface area contributed by atoms with E-state index in [1.165, 1.54) is 20.1 Å². The molecule has 0 saturated carbocycles. The van der Waals surface area contributed by atoms with Gasteiger partial charge in [0.25, 0.3) is 0 Å². The number of hydrogen-bond acceptors (Lipinski definition) is 22. The van der Waals surface area contributed by atoms with Gasteiger partial charge in [0, 0.05) is 51.4 Å². The fourth-order valence-corrected chi connectivity index (χ4v) is 17.7. The minimum Gasteiger partial charge on any atom is -0.467 e. The number of hydrogen-bond donors (Lipinski definition) is 5. The molecular formula is C64H91NO24S2. The summed E-state index contributed by atoms with van der Waals surface area (Å²) in [6.45, 7) is 19.0. The predicted octanol–water partition coefficient (Wildman–Crippen LogP) is 5.15. The van der Waals surface area contributed by atoms with E-state index in [1.807, 2.05) is 6.92 Å². The van der Waals surface area contributed by atoms with Gasteiger partial charge >= 0.3 is 26.8 Å². The van der Waals surface area contributed by atoms with Crippen molar-refractivity contribution in [3.8, 4) is 0 Å². The lowest BCUT2D eigenvalue weighted by Crippen LogP contribution is -2.74. The average Bonchev–Trinajstić information content (AvgIpc) is 1.27. The zero-order chi connectivity index (χ0) is 65.0. The van der Waals surface area contributed by atoms with Gasteiger partial charge in [0.15, 0.2) is 6.04 Å². The van der Waals surface area contributed by atoms with Crippen LogP contribution in [0.2, 0.25) is 0 Å². The second kappa shape index (κ2) is 25.5. The molecule has 1 amide bonds. The number of carbonyl (C=O) groups excluding carboxylic acids is 2. The van der Waals surface area contributed by atoms with E-state index in [4.69, 9.17) is 61.0 Å². The summed E-state index contributed by atoms with van der Waals surface area (Å²) in [5.41, 5.74) is -4.57. The fourth-order valence-electron chi connectivity index (χ4n) is 16.8. The van der Waals surface area contributed by atoms with Crippen LogP contribution in [0.5, 0.6) is 0 Å². The minimum absolute atomic E-state index is 0.0134. The molecule has 28 atom stereocenters. The zero-order valence-electron chi connectivity index (χ0n) is 52.7. The summed E-state index contributed by atoms with van der Waals surface area (Å²) in [5, 5.41) is 27.4. The first kappa shape index (κ1) is 67.6. The first-order valence-electron chi connectivity index (χ1n) is 32.3. The summed E-state index contributed by atoms with van der Waals surface area (Å²) in [4.78, 5) is 26.6. The van der Waals surface area contributed by atoms with Crippen LogP contribution in [0, 0.1) is 11.8 Å². The molecule has 0 bridgehead atoms. The van der Waals surface area contributed by atoms with Crippen LogP contribution in [0.25, 0.3) is 0 Å². The zero-order valence-corrected chi connectivity index (χ0v) is 54.3. The van der Waals surface area contributed by atoms with Gasteiger partial charge in [-0.05, 0) is 90.2 Å². The maximum atomic E-state index is 13.8. The van der Waals surface area contributed by atoms with Crippen LogP contribution in [0.4, 0.5) is 0 Å². The second-order valence-corrected chi connectivity index (χ2v) is 30.5. The largest absolute Gasteiger partial charge is 0.467 e. The molecule has 12 rings (SSSR count). The van der Waals surface area contributed by atoms with E-state index in [2.05, 4.69) is 43.4 Å². The van der Waals surface area contributed by atoms with E-state index >= 15 is 0 Å². The lowest BCUT2D eigenvalue weighted by molar-refractivity contribution is -0.369. The Kier molecular flexibility index (Phi) is 19.0. The van der Waals surface area contributed by atoms with Gasteiger partial charge in [0.2, 0.25) is 5.91 Å². The number of esters is 1. The number of allylic oxidation sites excluding steroid dienone is 1. The Morgan fingerprint density at radius 3 is 1.96 bits per heavy atom. The Morgan fingerprint density at radius 1 is 0.725 bits per heavy atom. The van der Waals surface area contributed by atoms with E-state index in [1.54, 1.807) is 49.4 Å². The number of nitrogens with one attached hydrogen (secondary N) is 1. The molecule has 25 nitrogen and oxygen atoms in total. The maximum Gasteiger partial charge on any atom is 0.397 e. The molecule has 1 aromatic carbocycles. The Hall–Kier alpha value is -3.40. The van der Waals surface area contributed by atoms with E-state index < -0.39 is 165 Å². The number of amides is 1. The van der Waals surface area contributed by atoms with Crippen molar-refractivity contribution < 1.29 is 111 Å². The van der Waals surface area contributed by atoms with Gasteiger partial charge in [0.05, 0.1) is 134 Å². The lowest BCUT2D eigenvalue weighted by atomic mass is 9.73. The van der Waals surface area contributed by atoms with Crippen molar-refractivity contribution in [3.63, 3.8) is 0 Å². The van der Waals surface area contributed by atoms with E-state index in [9.17, 15) is 45.7 Å². The molecule has 0 aliphatic carbocycles. The van der Waals surface area contributed by atoms with Gasteiger partial charge in [-0.3, -0.25) is 13.9 Å². The molecule has 0 unspecified atom stereocenters. The molecule has 27 heteroatoms. The molecule has 5 N–H and O–H groups in total. The minimum atomic E-state index is -4.97. The molecule has 11 aliphatic rings. The topological polar surface area (TPSA) is 325 Å². The van der Waals surface area contributed by atoms with Crippen molar-refractivity contribution in [2.75, 3.05) is 13.7 Å². The highest BCUT2D eigenvalue weighted by Gasteiger charge is 2.65. The van der Waals surface area contributed by atoms with Crippen LogP contribution in [0.15, 0.2) is 67.3 Å². The number of ether oxygens (including phenoxy) is 12. The van der Waals surface area contributed by atoms with Crippen LogP contribution in [0.3, 0.4) is 0 Å². The van der Waals surface area contributed by atoms with Gasteiger partial charge in [-0.2, -0.15) is 16.8 Å². The van der Waals surface area contributed by atoms with Gasteiger partial charge < -0.3 is 72.4 Å². The third-order valence-electron chi connectivity index (χ3n) is 21.8. The third kappa shape index (κ3) is 13.7. The number of rotatable bonds is 15. The van der Waals surface area contributed by atoms with E-state index in [0.717, 1.165) is 6.42 Å². The standard InChI is InChI=1S/C64H91NO24S2/c1-10-14-36(58(67)65-53(59(68)76-9)35-15-12-11-13-16-35)18-20-60(4,69)57-34(3)25-45-44(84-57)31-52-64(8,87-45)56(66)55-48(83-52)29-47-54(85-55)33(2)17-21-62(6)50(82-47)32-49-63(7,89-62)22-19-37-38(81-49)26-40-39(78-37)27-41-42(79-40)28-46-43(80-41)30-51(88-91(73,74)75)61(5,86-46)23-24-77-90(70,71)72/h10-13,15-16,18,20,33,36-57,66,69H,1,3,14,17,19,21-32H2,2,4-9H3,(H,65,67)(H,70,71,72)(H,73,74,75)/b20-18+/t33-,36-,37-,38+,39+,40-,41-,42+,43+,44+,45-,46-,47-,48+,49-,50+,51-,52-,53+,54+,55+,56+,57-,60+,61+,62-,63+,64-/m0/s1. The quantitative estimate of drug-likeness (QED) is 0.0861. The molecule has 0 aromatic heterocycles. The van der Waals surface area contributed by atoms with E-state index in [-0.39, 0.29) is 61.8 Å². The molecule has 11 aliphatic heterocycles. The van der Waals surface area contributed by atoms with Crippen molar-refractivity contribution in [2.45, 2.75) is 288 Å². The molecule has 11 fully saturated rings. The number of aliphatic hydroxyl groups is 2. The van der Waals surface area contributed by atoms with Gasteiger partial charge in [-0.1, -0.05) is 62.1 Å². The first-order chi connectivity index (χ1) is 42.9. The second-order valence-electron chi connectivity index (χ2n) is 28.4. The molecule has 11 heterocycles. The normalized spacial score (nSPS) is 46.0. The van der Waals surface area contributed by atoms with Crippen molar-refractivity contribution in [3.05, 3.63) is 72.9 Å². The molecule has 0 radical (unpaired) electrons. The highest BCUT2D eigenvalue weighted by molar-refractivity contribution is 7.81. The highest BCUT2D eigenvalue weighted by Crippen LogP contribution is 2.54. The van der Waals surface area contributed by atoms with Crippen molar-refractivity contribution >= 4 is 32.7 Å². The highest BCUT2D eigenvalue weighted by atomic mass is 32.3. The maximum absolute atomic E-state index is 13.8. The first-order valence-corrected chi connectivity index (χ1v) is 35.0. The molecule has 1 aromatic rings. The summed E-state index contributed by atoms with van der Waals surface area (Å²) in [5.74, 6) is -1.89. The van der Waals surface area contributed by atoms with Gasteiger partial charge in [-0.15, -0.1) is 6.58 Å². The van der Waals surface area contributed by atoms with Crippen molar-refractivity contribution in [1.82, 2.24) is 5.32 Å². The fraction of sp³-hybridized carbons (Fsp3) is 0.781. The SMILES string of the molecule is C=CC[C@@H](/C=C/[C@@](C)(O)[C@H]1O[C@@H]2C[C@@H]3O[C@@H]4C[C@@H]5O[C@@H]6C[C@@H]7O[C@@H]8C[C@@H]9O[C@@H]%10C[C@@H]%11O[C@](C)(CCOS(=O)(=O)O)[C@@H](OS(=O)(=O)O)C[C@H]%11O[C@H]%10C[C@H]9O[C@H]8CC[C@@]7(C)O[C@@]6(C)CC[C@H](C)[C@H]5O[C@H]4[C@@H](O)[C@@]3(C)O[C@H]2CC1=C)C(=O)N[C@@H](C(=O)OC)c1ccccc1. The van der Waals surface area contributed by atoms with Crippen LogP contribution in [0.1, 0.15) is 143 Å². The number of carbonyl (C=O) groups is 2. The molecule has 11 saturated heterocycles. The molecular weight excluding hydrogens is 1230 g/mol. The number of fused-ring (bicyclic) bond motifs is 10. The molecule has 508 valence electrons. The summed E-state index contributed by atoms with van der Waals surface area (Å²) in [7, 11) is -8.52. The summed E-state index contributed by atoms with van der Waals surface area (Å²) in [6.07, 6.45) is -0.923. The van der Waals surface area contributed by atoms with Crippen LogP contribution < -0.4 is 5.32 Å². The van der Waals surface area contributed by atoms with Gasteiger partial charge in [0.1, 0.15) is 35.6 Å². The van der Waals surface area contributed by atoms with Crippen LogP contribution in [-0.2, 0) is 95.6 Å². The number of methoxy groups -OCH3 is 1. The van der Waals surface area contributed by atoms with Gasteiger partial charge in [-0.25, -0.2) is 13.2 Å². The van der Waals surface area contributed by atoms with Crippen LogP contribution >= 0.6 is 0 Å². The Balaban J connectivity index is 0.691. The summed E-state index contributed by atoms with van der Waals surface area (Å²) < 4.78 is 156. The lowest BCUT2D eigenvalue weighted by Gasteiger charge is -2.61. The Bertz CT molecular complexity index is 3120. The third-order valence-corrected chi connectivity index (χ3v) is 22.8. The Morgan fingerprint density at radius 2 is 1.31 bits per heavy atom.